The summed E-state index contributed by atoms with van der Waals surface area (Å²) in [5.74, 6) is 0.939. The number of thiophene rings is 1. The average Bonchev–Trinajstić information content (AvgIpc) is 2.86. The summed E-state index contributed by atoms with van der Waals surface area (Å²) >= 11 is 1.66. The molecule has 4 heteroatoms. The Hall–Kier alpha value is -1.29. The molecule has 3 nitrogen and oxygen atoms in total. The van der Waals surface area contributed by atoms with Crippen molar-refractivity contribution in [1.29, 1.82) is 0 Å². The van der Waals surface area contributed by atoms with Crippen molar-refractivity contribution in [3.05, 3.63) is 23.2 Å². The summed E-state index contributed by atoms with van der Waals surface area (Å²) in [6.45, 7) is 8.97. The van der Waals surface area contributed by atoms with Crippen LogP contribution in [-0.4, -0.2) is 5.16 Å². The fourth-order valence-electron chi connectivity index (χ4n) is 1.76. The van der Waals surface area contributed by atoms with Crippen LogP contribution in [0.15, 0.2) is 22.0 Å². The molecule has 2 aromatic rings. The molecule has 1 atom stereocenters. The van der Waals surface area contributed by atoms with Crippen LogP contribution in [0.1, 0.15) is 33.4 Å². The van der Waals surface area contributed by atoms with Crippen molar-refractivity contribution in [2.45, 2.75) is 34.1 Å². The molecule has 0 saturated heterocycles. The van der Waals surface area contributed by atoms with Crippen LogP contribution in [0, 0.1) is 11.3 Å². The van der Waals surface area contributed by atoms with Gasteiger partial charge in [-0.25, -0.2) is 0 Å². The summed E-state index contributed by atoms with van der Waals surface area (Å²) in [6, 6.07) is 4.07. The lowest BCUT2D eigenvalue weighted by Gasteiger charge is -2.26. The molecule has 2 rings (SSSR count). The normalized spacial score (nSPS) is 13.8. The Morgan fingerprint density at radius 1 is 1.44 bits per heavy atom. The van der Waals surface area contributed by atoms with Crippen molar-refractivity contribution >= 4 is 17.2 Å². The topological polar surface area (TPSA) is 52.0 Å². The monoisotopic (exact) mass is 264 g/mol. The summed E-state index contributed by atoms with van der Waals surface area (Å²) in [7, 11) is 0. The maximum atomic E-state index is 5.89. The minimum Gasteiger partial charge on any atom is -0.367 e. The molecule has 0 bridgehead atoms. The molecule has 0 aliphatic carbocycles. The van der Waals surface area contributed by atoms with Gasteiger partial charge >= 0.3 is 0 Å². The Kier molecular flexibility index (Phi) is 3.48. The van der Waals surface area contributed by atoms with Gasteiger partial charge in [-0.2, -0.15) is 0 Å². The van der Waals surface area contributed by atoms with Gasteiger partial charge in [0, 0.05) is 4.88 Å². The molecule has 0 aromatic carbocycles. The van der Waals surface area contributed by atoms with Crippen molar-refractivity contribution in [3.8, 4) is 10.4 Å². The molecule has 0 radical (unpaired) electrons. The summed E-state index contributed by atoms with van der Waals surface area (Å²) in [6.07, 6.45) is 0.886. The molecule has 0 aliphatic heterocycles. The minimum atomic E-state index is 0.250. The van der Waals surface area contributed by atoms with Crippen LogP contribution in [-0.2, 0) is 6.42 Å². The maximum absolute atomic E-state index is 5.89. The largest absolute Gasteiger partial charge is 0.367 e. The quantitative estimate of drug-likeness (QED) is 0.903. The molecule has 2 heterocycles. The Morgan fingerprint density at radius 2 is 2.17 bits per heavy atom. The predicted octanol–water partition coefficient (Wildman–Crippen LogP) is 4.21. The van der Waals surface area contributed by atoms with E-state index in [-0.39, 0.29) is 5.41 Å². The van der Waals surface area contributed by atoms with Gasteiger partial charge in [-0.15, -0.1) is 11.3 Å². The zero-order valence-electron chi connectivity index (χ0n) is 11.4. The van der Waals surface area contributed by atoms with Gasteiger partial charge in [-0.3, -0.25) is 0 Å². The van der Waals surface area contributed by atoms with Gasteiger partial charge in [0.05, 0.1) is 11.3 Å². The number of nitrogen functional groups attached to an aromatic ring is 1. The first kappa shape index (κ1) is 13.1. The summed E-state index contributed by atoms with van der Waals surface area (Å²) in [5, 5.41) is 6.17. The molecule has 0 fully saturated rings. The van der Waals surface area contributed by atoms with Crippen LogP contribution in [0.4, 0.5) is 5.88 Å². The van der Waals surface area contributed by atoms with E-state index in [9.17, 15) is 0 Å². The van der Waals surface area contributed by atoms with E-state index in [1.54, 1.807) is 11.3 Å². The van der Waals surface area contributed by atoms with Crippen LogP contribution >= 0.6 is 11.3 Å². The number of hydrogen-bond donors (Lipinski definition) is 1. The third kappa shape index (κ3) is 2.58. The van der Waals surface area contributed by atoms with Crippen molar-refractivity contribution in [3.63, 3.8) is 0 Å². The number of hydrogen-bond acceptors (Lipinski definition) is 4. The zero-order valence-corrected chi connectivity index (χ0v) is 12.2. The maximum Gasteiger partial charge on any atom is 0.231 e. The second-order valence-electron chi connectivity index (χ2n) is 5.82. The van der Waals surface area contributed by atoms with Crippen molar-refractivity contribution in [2.75, 3.05) is 5.73 Å². The van der Waals surface area contributed by atoms with Gasteiger partial charge in [0.25, 0.3) is 0 Å². The first-order valence-corrected chi connectivity index (χ1v) is 7.05. The van der Waals surface area contributed by atoms with E-state index in [0.29, 0.717) is 11.8 Å². The van der Waals surface area contributed by atoms with Crippen molar-refractivity contribution in [1.82, 2.24) is 5.16 Å². The highest BCUT2D eigenvalue weighted by atomic mass is 32.1. The molecule has 0 aliphatic rings. The average molecular weight is 264 g/mol. The Bertz CT molecular complexity index is 508. The van der Waals surface area contributed by atoms with Crippen LogP contribution in [0.5, 0.6) is 0 Å². The summed E-state index contributed by atoms with van der Waals surface area (Å²) in [5.41, 5.74) is 8.09. The van der Waals surface area contributed by atoms with E-state index in [4.69, 9.17) is 10.3 Å². The highest BCUT2D eigenvalue weighted by Crippen LogP contribution is 2.36. The number of nitrogens with two attached hydrogens (primary N) is 1. The van der Waals surface area contributed by atoms with Crippen LogP contribution in [0.2, 0.25) is 0 Å². The van der Waals surface area contributed by atoms with E-state index in [2.05, 4.69) is 38.9 Å². The molecule has 18 heavy (non-hydrogen) atoms. The van der Waals surface area contributed by atoms with Gasteiger partial charge in [-0.05, 0) is 29.2 Å². The third-order valence-corrected chi connectivity index (χ3v) is 4.42. The second-order valence-corrected chi connectivity index (χ2v) is 6.76. The number of nitrogens with zero attached hydrogens (tertiary/aromatic N) is 1. The number of aromatic nitrogens is 1. The Labute approximate surface area is 112 Å². The summed E-state index contributed by atoms with van der Waals surface area (Å²) < 4.78 is 5.17. The lowest BCUT2D eigenvalue weighted by molar-refractivity contribution is 0.255. The van der Waals surface area contributed by atoms with Crippen molar-refractivity contribution < 1.29 is 4.52 Å². The smallest absolute Gasteiger partial charge is 0.231 e. The molecule has 0 amide bonds. The fourth-order valence-corrected chi connectivity index (χ4v) is 2.55. The molecule has 98 valence electrons. The number of rotatable bonds is 3. The van der Waals surface area contributed by atoms with Gasteiger partial charge < -0.3 is 10.3 Å². The van der Waals surface area contributed by atoms with E-state index >= 15 is 0 Å². The van der Waals surface area contributed by atoms with Crippen LogP contribution < -0.4 is 5.73 Å². The van der Waals surface area contributed by atoms with Gasteiger partial charge in [0.2, 0.25) is 5.88 Å². The van der Waals surface area contributed by atoms with Crippen LogP contribution in [0.25, 0.3) is 10.4 Å². The minimum absolute atomic E-state index is 0.250. The lowest BCUT2D eigenvalue weighted by Crippen LogP contribution is -2.19. The third-order valence-electron chi connectivity index (χ3n) is 3.53. The molecule has 0 spiro atoms. The zero-order chi connectivity index (χ0) is 13.3. The molecule has 0 saturated carbocycles. The standard InChI is InChI=1S/C14H20N2OS/c1-9(14(2,3)4)8-10-12(13(15)17-16-10)11-6-5-7-18-11/h5-7,9H,8,15H2,1-4H3. The molecule has 2 N–H and O–H groups in total. The highest BCUT2D eigenvalue weighted by Gasteiger charge is 2.25. The van der Waals surface area contributed by atoms with Gasteiger partial charge in [0.1, 0.15) is 0 Å². The van der Waals surface area contributed by atoms with E-state index < -0.39 is 0 Å². The predicted molar refractivity (Wildman–Crippen MR) is 76.6 cm³/mol. The van der Waals surface area contributed by atoms with E-state index in [1.807, 2.05) is 11.4 Å². The number of anilines is 1. The second kappa shape index (κ2) is 4.76. The van der Waals surface area contributed by atoms with E-state index in [1.165, 1.54) is 0 Å². The molecule has 1 unspecified atom stereocenters. The molecular weight excluding hydrogens is 244 g/mol. The highest BCUT2D eigenvalue weighted by molar-refractivity contribution is 7.13. The van der Waals surface area contributed by atoms with E-state index in [0.717, 1.165) is 22.6 Å². The first-order valence-electron chi connectivity index (χ1n) is 6.17. The van der Waals surface area contributed by atoms with Crippen LogP contribution in [0.3, 0.4) is 0 Å². The summed E-state index contributed by atoms with van der Waals surface area (Å²) in [4.78, 5) is 1.13. The Balaban J connectivity index is 2.31. The first-order chi connectivity index (χ1) is 8.39. The lowest BCUT2D eigenvalue weighted by atomic mass is 9.79. The fraction of sp³-hybridized carbons (Fsp3) is 0.500. The molecule has 2 aromatic heterocycles. The Morgan fingerprint density at radius 3 is 2.72 bits per heavy atom. The van der Waals surface area contributed by atoms with Gasteiger partial charge in [0.15, 0.2) is 0 Å². The SMILES string of the molecule is CC(Cc1noc(N)c1-c1cccs1)C(C)(C)C. The van der Waals surface area contributed by atoms with Gasteiger partial charge in [-0.1, -0.05) is 38.9 Å². The molecular formula is C14H20N2OS. The van der Waals surface area contributed by atoms with Crippen molar-refractivity contribution in [2.24, 2.45) is 11.3 Å².